The summed E-state index contributed by atoms with van der Waals surface area (Å²) < 4.78 is 0. The van der Waals surface area contributed by atoms with Crippen LogP contribution in [-0.2, 0) is 0 Å². The van der Waals surface area contributed by atoms with Crippen LogP contribution in [0.15, 0.2) is 146 Å². The van der Waals surface area contributed by atoms with Crippen LogP contribution in [-0.4, -0.2) is 9.97 Å². The fraction of sp³-hybridized carbons (Fsp3) is 0.0476. The first kappa shape index (κ1) is 26.1. The number of hydrogen-bond donors (Lipinski definition) is 0. The van der Waals surface area contributed by atoms with Crippen molar-refractivity contribution in [2.75, 3.05) is 0 Å². The number of benzene rings is 6. The van der Waals surface area contributed by atoms with E-state index < -0.39 is 0 Å². The van der Waals surface area contributed by atoms with Gasteiger partial charge in [0.05, 0.1) is 0 Å². The normalized spacial score (nSPS) is 11.4. The number of aromatic nitrogens is 2. The molecule has 2 nitrogen and oxygen atoms in total. The minimum Gasteiger partial charge on any atom is -0.264 e. The molecule has 0 N–H and O–H groups in total. The highest BCUT2D eigenvalue weighted by Gasteiger charge is 2.19. The molecule has 0 saturated heterocycles. The monoisotopic (exact) mass is 562 g/mol. The van der Waals surface area contributed by atoms with Crippen molar-refractivity contribution in [3.05, 3.63) is 157 Å². The van der Waals surface area contributed by atoms with Crippen molar-refractivity contribution in [2.24, 2.45) is 0 Å². The molecule has 0 radical (unpaired) electrons. The average molecular weight is 563 g/mol. The van der Waals surface area contributed by atoms with Crippen LogP contribution < -0.4 is 0 Å². The summed E-state index contributed by atoms with van der Waals surface area (Å²) in [5.41, 5.74) is 11.8. The minimum absolute atomic E-state index is 1.03. The van der Waals surface area contributed by atoms with E-state index in [4.69, 9.17) is 0 Å². The van der Waals surface area contributed by atoms with Gasteiger partial charge in [0.25, 0.3) is 0 Å². The third-order valence-corrected chi connectivity index (χ3v) is 8.73. The van der Waals surface area contributed by atoms with E-state index in [0.29, 0.717) is 0 Å². The molecule has 0 saturated carbocycles. The van der Waals surface area contributed by atoms with Crippen molar-refractivity contribution in [2.45, 2.75) is 13.8 Å². The number of nitrogens with zero attached hydrogens (tertiary/aromatic N) is 2. The van der Waals surface area contributed by atoms with Crippen LogP contribution in [0.5, 0.6) is 0 Å². The summed E-state index contributed by atoms with van der Waals surface area (Å²) >= 11 is 0. The summed E-state index contributed by atoms with van der Waals surface area (Å²) in [7, 11) is 0. The van der Waals surface area contributed by atoms with Crippen LogP contribution in [0.1, 0.15) is 11.3 Å². The predicted molar refractivity (Wildman–Crippen MR) is 186 cm³/mol. The highest BCUT2D eigenvalue weighted by molar-refractivity contribution is 6.24. The molecular weight excluding hydrogens is 532 g/mol. The minimum atomic E-state index is 1.03. The van der Waals surface area contributed by atoms with Gasteiger partial charge in [-0.05, 0) is 97.2 Å². The number of rotatable bonds is 4. The zero-order chi connectivity index (χ0) is 29.6. The molecule has 0 bridgehead atoms. The van der Waals surface area contributed by atoms with Gasteiger partial charge in [-0.1, -0.05) is 115 Å². The third kappa shape index (κ3) is 4.35. The fourth-order valence-electron chi connectivity index (χ4n) is 6.67. The van der Waals surface area contributed by atoms with E-state index in [1.54, 1.807) is 0 Å². The van der Waals surface area contributed by atoms with Gasteiger partial charge in [0.2, 0.25) is 0 Å². The highest BCUT2D eigenvalue weighted by Crippen LogP contribution is 2.46. The zero-order valence-corrected chi connectivity index (χ0v) is 24.8. The molecule has 6 aromatic carbocycles. The Bertz CT molecular complexity index is 2270. The number of hydrogen-bond acceptors (Lipinski definition) is 2. The average Bonchev–Trinajstić information content (AvgIpc) is 3.07. The van der Waals surface area contributed by atoms with Gasteiger partial charge in [-0.2, -0.15) is 0 Å². The summed E-state index contributed by atoms with van der Waals surface area (Å²) in [5.74, 6) is 0. The third-order valence-electron chi connectivity index (χ3n) is 8.73. The van der Waals surface area contributed by atoms with Crippen LogP contribution in [0.2, 0.25) is 0 Å². The summed E-state index contributed by atoms with van der Waals surface area (Å²) in [5, 5.41) is 7.48. The summed E-state index contributed by atoms with van der Waals surface area (Å²) in [6.07, 6.45) is 5.83. The Morgan fingerprint density at radius 3 is 1.50 bits per heavy atom. The van der Waals surface area contributed by atoms with Gasteiger partial charge in [-0.3, -0.25) is 9.97 Å². The smallest absolute Gasteiger partial charge is 0.0373 e. The van der Waals surface area contributed by atoms with Gasteiger partial charge in [0, 0.05) is 35.4 Å². The highest BCUT2D eigenvalue weighted by atomic mass is 14.7. The van der Waals surface area contributed by atoms with Gasteiger partial charge in [-0.25, -0.2) is 0 Å². The molecule has 8 rings (SSSR count). The maximum atomic E-state index is 4.50. The van der Waals surface area contributed by atoms with Crippen LogP contribution >= 0.6 is 0 Å². The maximum Gasteiger partial charge on any atom is 0.0373 e. The van der Waals surface area contributed by atoms with E-state index in [9.17, 15) is 0 Å². The second kappa shape index (κ2) is 10.6. The molecule has 0 spiro atoms. The van der Waals surface area contributed by atoms with Gasteiger partial charge >= 0.3 is 0 Å². The summed E-state index contributed by atoms with van der Waals surface area (Å²) in [4.78, 5) is 8.99. The predicted octanol–water partition coefficient (Wildman–Crippen LogP) is 11.2. The topological polar surface area (TPSA) is 25.8 Å². The van der Waals surface area contributed by atoms with Crippen LogP contribution in [0.25, 0.3) is 76.8 Å². The summed E-state index contributed by atoms with van der Waals surface area (Å²) in [6, 6.07) is 46.4. The Hall–Kier alpha value is -5.60. The Labute approximate surface area is 257 Å². The number of pyridine rings is 2. The second-order valence-corrected chi connectivity index (χ2v) is 11.6. The quantitative estimate of drug-likeness (QED) is 0.199. The lowest BCUT2D eigenvalue weighted by Gasteiger charge is -2.20. The molecule has 0 atom stereocenters. The molecular formula is C42H30N2. The van der Waals surface area contributed by atoms with Gasteiger partial charge in [-0.15, -0.1) is 0 Å². The maximum absolute atomic E-state index is 4.50. The zero-order valence-electron chi connectivity index (χ0n) is 24.8. The standard InChI is InChI=1S/C42H30N2/c1-27-23-32(25-43-24-27)33-21-22-40(35-10-4-3-9-34(33)35)42-38-13-7-5-11-36(38)41(37-12-6-8-14-39(37)42)30-19-17-29(18-20-30)31-16-15-28(2)44-26-31/h3-26H,1-2H3. The molecule has 0 unspecified atom stereocenters. The van der Waals surface area contributed by atoms with Gasteiger partial charge in [0.1, 0.15) is 0 Å². The summed E-state index contributed by atoms with van der Waals surface area (Å²) in [6.45, 7) is 4.12. The fourth-order valence-corrected chi connectivity index (χ4v) is 6.67. The van der Waals surface area contributed by atoms with Crippen molar-refractivity contribution in [3.8, 4) is 44.5 Å². The van der Waals surface area contributed by atoms with E-state index in [-0.39, 0.29) is 0 Å². The van der Waals surface area contributed by atoms with Crippen molar-refractivity contribution >= 4 is 32.3 Å². The van der Waals surface area contributed by atoms with Crippen molar-refractivity contribution < 1.29 is 0 Å². The second-order valence-electron chi connectivity index (χ2n) is 11.6. The molecule has 2 aromatic heterocycles. The van der Waals surface area contributed by atoms with Gasteiger partial charge < -0.3 is 0 Å². The first-order valence-electron chi connectivity index (χ1n) is 15.1. The molecule has 44 heavy (non-hydrogen) atoms. The van der Waals surface area contributed by atoms with E-state index >= 15 is 0 Å². The largest absolute Gasteiger partial charge is 0.264 e. The molecule has 0 aliphatic rings. The molecule has 0 fully saturated rings. The lowest BCUT2D eigenvalue weighted by atomic mass is 9.83. The number of aryl methyl sites for hydroxylation is 2. The van der Waals surface area contributed by atoms with Crippen molar-refractivity contribution in [1.29, 1.82) is 0 Å². The molecule has 2 heterocycles. The number of fused-ring (bicyclic) bond motifs is 3. The van der Waals surface area contributed by atoms with Crippen molar-refractivity contribution in [1.82, 2.24) is 9.97 Å². The molecule has 8 aromatic rings. The first-order valence-corrected chi connectivity index (χ1v) is 15.1. The molecule has 0 aliphatic heterocycles. The molecule has 2 heteroatoms. The lowest BCUT2D eigenvalue weighted by molar-refractivity contribution is 1.20. The Morgan fingerprint density at radius 1 is 0.386 bits per heavy atom. The van der Waals surface area contributed by atoms with Crippen LogP contribution in [0.4, 0.5) is 0 Å². The molecule has 0 aliphatic carbocycles. The Kier molecular flexibility index (Phi) is 6.27. The first-order chi connectivity index (χ1) is 21.7. The van der Waals surface area contributed by atoms with E-state index in [1.807, 2.05) is 25.5 Å². The van der Waals surface area contributed by atoms with E-state index in [2.05, 4.69) is 144 Å². The van der Waals surface area contributed by atoms with E-state index in [0.717, 1.165) is 22.4 Å². The molecule has 0 amide bonds. The molecule has 208 valence electrons. The van der Waals surface area contributed by atoms with Crippen LogP contribution in [0.3, 0.4) is 0 Å². The Balaban J connectivity index is 1.38. The van der Waals surface area contributed by atoms with Gasteiger partial charge in [0.15, 0.2) is 0 Å². The van der Waals surface area contributed by atoms with E-state index in [1.165, 1.54) is 65.7 Å². The SMILES string of the molecule is Cc1cncc(-c2ccc(-c3c4ccccc4c(-c4ccc(-c5ccc(C)nc5)cc4)c4ccccc34)c3ccccc23)c1. The van der Waals surface area contributed by atoms with Crippen molar-refractivity contribution in [3.63, 3.8) is 0 Å². The Morgan fingerprint density at radius 2 is 0.909 bits per heavy atom. The lowest BCUT2D eigenvalue weighted by Crippen LogP contribution is -1.93. The van der Waals surface area contributed by atoms with Crippen LogP contribution in [0, 0.1) is 13.8 Å².